The summed E-state index contributed by atoms with van der Waals surface area (Å²) in [7, 11) is -3.02. The Morgan fingerprint density at radius 1 is 1.26 bits per heavy atom. The summed E-state index contributed by atoms with van der Waals surface area (Å²) in [4.78, 5) is 0. The molecular weight excluding hydrogens is 260 g/mol. The number of nitrogens with one attached hydrogen (secondary N) is 1. The van der Waals surface area contributed by atoms with Crippen LogP contribution in [0.15, 0.2) is 0 Å². The van der Waals surface area contributed by atoms with Crippen LogP contribution in [-0.4, -0.2) is 45.2 Å². The fourth-order valence-corrected chi connectivity index (χ4v) is 4.78. The largest absolute Gasteiger partial charge is 0.316 e. The van der Waals surface area contributed by atoms with Crippen LogP contribution in [0.25, 0.3) is 0 Å². The van der Waals surface area contributed by atoms with Gasteiger partial charge in [0.2, 0.25) is 10.0 Å². The molecule has 2 rings (SSSR count). The summed E-state index contributed by atoms with van der Waals surface area (Å²) in [5, 5.41) is 3.52. The van der Waals surface area contributed by atoms with Gasteiger partial charge >= 0.3 is 0 Å². The maximum Gasteiger partial charge on any atom is 0.211 e. The van der Waals surface area contributed by atoms with Crippen LogP contribution in [0.5, 0.6) is 0 Å². The number of rotatable bonds is 8. The van der Waals surface area contributed by atoms with Crippen molar-refractivity contribution in [2.24, 2.45) is 17.8 Å². The van der Waals surface area contributed by atoms with E-state index in [2.05, 4.69) is 5.32 Å². The van der Waals surface area contributed by atoms with Crippen LogP contribution in [0.3, 0.4) is 0 Å². The van der Waals surface area contributed by atoms with E-state index in [9.17, 15) is 8.42 Å². The molecule has 3 unspecified atom stereocenters. The van der Waals surface area contributed by atoms with Gasteiger partial charge in [-0.05, 0) is 56.5 Å². The van der Waals surface area contributed by atoms with Gasteiger partial charge in [0.1, 0.15) is 0 Å². The fraction of sp³-hybridized carbons (Fsp3) is 1.00. The van der Waals surface area contributed by atoms with Gasteiger partial charge in [0.05, 0.1) is 6.26 Å². The standard InChI is InChI=1S/C14H28N2O2S/c1-3-16(19(2,17)18)8-4-7-15-11-14-10-12-5-6-13(14)9-12/h12-15H,3-11H2,1-2H3. The van der Waals surface area contributed by atoms with Gasteiger partial charge < -0.3 is 5.32 Å². The number of hydrogen-bond acceptors (Lipinski definition) is 3. The minimum Gasteiger partial charge on any atom is -0.316 e. The topological polar surface area (TPSA) is 49.4 Å². The molecule has 0 spiro atoms. The first-order valence-corrected chi connectivity index (χ1v) is 9.51. The van der Waals surface area contributed by atoms with Gasteiger partial charge in [-0.1, -0.05) is 13.3 Å². The second-order valence-corrected chi connectivity index (χ2v) is 8.23. The SMILES string of the molecule is CCN(CCCNCC1CC2CCC1C2)S(C)(=O)=O. The average molecular weight is 288 g/mol. The second-order valence-electron chi connectivity index (χ2n) is 6.25. The molecule has 0 aromatic carbocycles. The Labute approximate surface area is 118 Å². The van der Waals surface area contributed by atoms with E-state index in [1.165, 1.54) is 31.9 Å². The molecule has 0 amide bonds. The number of hydrogen-bond donors (Lipinski definition) is 1. The Morgan fingerprint density at radius 3 is 2.58 bits per heavy atom. The van der Waals surface area contributed by atoms with E-state index in [4.69, 9.17) is 0 Å². The van der Waals surface area contributed by atoms with Crippen molar-refractivity contribution in [3.8, 4) is 0 Å². The monoisotopic (exact) mass is 288 g/mol. The highest BCUT2D eigenvalue weighted by Gasteiger charge is 2.38. The lowest BCUT2D eigenvalue weighted by molar-refractivity contribution is 0.316. The van der Waals surface area contributed by atoms with Crippen molar-refractivity contribution in [3.05, 3.63) is 0 Å². The molecule has 0 aromatic rings. The molecule has 0 radical (unpaired) electrons. The summed E-state index contributed by atoms with van der Waals surface area (Å²) >= 11 is 0. The minimum atomic E-state index is -3.02. The molecule has 19 heavy (non-hydrogen) atoms. The number of fused-ring (bicyclic) bond motifs is 2. The van der Waals surface area contributed by atoms with E-state index >= 15 is 0 Å². The van der Waals surface area contributed by atoms with Gasteiger partial charge in [-0.25, -0.2) is 12.7 Å². The van der Waals surface area contributed by atoms with Crippen molar-refractivity contribution < 1.29 is 8.42 Å². The summed E-state index contributed by atoms with van der Waals surface area (Å²) in [5.74, 6) is 2.87. The van der Waals surface area contributed by atoms with E-state index < -0.39 is 10.0 Å². The Hall–Kier alpha value is -0.130. The van der Waals surface area contributed by atoms with Crippen molar-refractivity contribution in [3.63, 3.8) is 0 Å². The predicted molar refractivity (Wildman–Crippen MR) is 78.5 cm³/mol. The summed E-state index contributed by atoms with van der Waals surface area (Å²) in [6, 6.07) is 0. The number of nitrogens with zero attached hydrogens (tertiary/aromatic N) is 1. The van der Waals surface area contributed by atoms with E-state index in [0.717, 1.165) is 37.3 Å². The highest BCUT2D eigenvalue weighted by Crippen LogP contribution is 2.47. The van der Waals surface area contributed by atoms with Crippen molar-refractivity contribution in [2.45, 2.75) is 39.0 Å². The molecule has 1 N–H and O–H groups in total. The Bertz CT molecular complexity index is 383. The zero-order chi connectivity index (χ0) is 13.9. The van der Waals surface area contributed by atoms with Gasteiger partial charge in [-0.2, -0.15) is 0 Å². The quantitative estimate of drug-likeness (QED) is 0.691. The Morgan fingerprint density at radius 2 is 2.05 bits per heavy atom. The van der Waals surface area contributed by atoms with E-state index in [1.807, 2.05) is 6.92 Å². The van der Waals surface area contributed by atoms with Crippen molar-refractivity contribution >= 4 is 10.0 Å². The van der Waals surface area contributed by atoms with Gasteiger partial charge in [0.25, 0.3) is 0 Å². The van der Waals surface area contributed by atoms with Crippen LogP contribution in [0.4, 0.5) is 0 Å². The molecule has 0 aromatic heterocycles. The molecule has 0 saturated heterocycles. The Balaban J connectivity index is 1.57. The third-order valence-corrected chi connectivity index (χ3v) is 6.25. The average Bonchev–Trinajstić information content (AvgIpc) is 2.94. The van der Waals surface area contributed by atoms with Crippen LogP contribution in [0.2, 0.25) is 0 Å². The molecule has 2 saturated carbocycles. The molecule has 0 aliphatic heterocycles. The van der Waals surface area contributed by atoms with E-state index in [1.54, 1.807) is 4.31 Å². The molecule has 2 aliphatic rings. The molecule has 3 atom stereocenters. The van der Waals surface area contributed by atoms with Crippen LogP contribution in [0, 0.1) is 17.8 Å². The van der Waals surface area contributed by atoms with Gasteiger partial charge in [0, 0.05) is 13.1 Å². The molecule has 5 heteroatoms. The summed E-state index contributed by atoms with van der Waals surface area (Å²) in [5.41, 5.74) is 0. The maximum atomic E-state index is 11.4. The smallest absolute Gasteiger partial charge is 0.211 e. The van der Waals surface area contributed by atoms with Crippen LogP contribution >= 0.6 is 0 Å². The highest BCUT2D eigenvalue weighted by atomic mass is 32.2. The summed E-state index contributed by atoms with van der Waals surface area (Å²) in [6.07, 6.45) is 7.97. The molecular formula is C14H28N2O2S. The second kappa shape index (κ2) is 6.55. The number of sulfonamides is 1. The third kappa shape index (κ3) is 4.17. The summed E-state index contributed by atoms with van der Waals surface area (Å²) in [6.45, 7) is 5.17. The first kappa shape index (κ1) is 15.3. The maximum absolute atomic E-state index is 11.4. The third-order valence-electron chi connectivity index (χ3n) is 4.87. The minimum absolute atomic E-state index is 0.575. The van der Waals surface area contributed by atoms with Crippen molar-refractivity contribution in [2.75, 3.05) is 32.4 Å². The molecule has 2 bridgehead atoms. The zero-order valence-corrected chi connectivity index (χ0v) is 13.1. The molecule has 2 fully saturated rings. The van der Waals surface area contributed by atoms with E-state index in [-0.39, 0.29) is 0 Å². The van der Waals surface area contributed by atoms with Crippen molar-refractivity contribution in [1.82, 2.24) is 9.62 Å². The van der Waals surface area contributed by atoms with Gasteiger partial charge in [0.15, 0.2) is 0 Å². The molecule has 0 heterocycles. The van der Waals surface area contributed by atoms with Gasteiger partial charge in [-0.3, -0.25) is 0 Å². The predicted octanol–water partition coefficient (Wildman–Crippen LogP) is 1.68. The van der Waals surface area contributed by atoms with Crippen LogP contribution in [-0.2, 0) is 10.0 Å². The first-order valence-electron chi connectivity index (χ1n) is 7.66. The lowest BCUT2D eigenvalue weighted by Crippen LogP contribution is -2.33. The van der Waals surface area contributed by atoms with Crippen molar-refractivity contribution in [1.29, 1.82) is 0 Å². The lowest BCUT2D eigenvalue weighted by Gasteiger charge is -2.22. The fourth-order valence-electron chi connectivity index (χ4n) is 3.85. The Kier molecular flexibility index (Phi) is 5.26. The first-order chi connectivity index (χ1) is 9.00. The molecule has 2 aliphatic carbocycles. The molecule has 112 valence electrons. The molecule has 4 nitrogen and oxygen atoms in total. The lowest BCUT2D eigenvalue weighted by atomic mass is 9.89. The van der Waals surface area contributed by atoms with Crippen LogP contribution < -0.4 is 5.32 Å². The van der Waals surface area contributed by atoms with E-state index in [0.29, 0.717) is 13.1 Å². The summed E-state index contributed by atoms with van der Waals surface area (Å²) < 4.78 is 24.4. The van der Waals surface area contributed by atoms with Crippen LogP contribution in [0.1, 0.15) is 39.0 Å². The normalized spacial score (nSPS) is 30.4. The zero-order valence-electron chi connectivity index (χ0n) is 12.3. The van der Waals surface area contributed by atoms with Gasteiger partial charge in [-0.15, -0.1) is 0 Å². The highest BCUT2D eigenvalue weighted by molar-refractivity contribution is 7.88.